The Hall–Kier alpha value is -3.01. The topological polar surface area (TPSA) is 113 Å². The lowest BCUT2D eigenvalue weighted by atomic mass is 10.2. The van der Waals surface area contributed by atoms with Crippen LogP contribution in [0.4, 0.5) is 5.95 Å². The van der Waals surface area contributed by atoms with Gasteiger partial charge >= 0.3 is 0 Å². The van der Waals surface area contributed by atoms with Crippen LogP contribution in [0.25, 0.3) is 0 Å². The Labute approximate surface area is 179 Å². The maximum atomic E-state index is 12.7. The largest absolute Gasteiger partial charge is 0.269 e. The summed E-state index contributed by atoms with van der Waals surface area (Å²) in [7, 11) is -3.93. The van der Waals surface area contributed by atoms with E-state index in [0.29, 0.717) is 0 Å². The molecule has 0 fully saturated rings. The van der Waals surface area contributed by atoms with Crippen LogP contribution in [0.1, 0.15) is 27.3 Å². The summed E-state index contributed by atoms with van der Waals surface area (Å²) in [6, 6.07) is 14.9. The van der Waals surface area contributed by atoms with Gasteiger partial charge in [0.15, 0.2) is 0 Å². The van der Waals surface area contributed by atoms with Gasteiger partial charge in [-0.3, -0.25) is 15.6 Å². The Morgan fingerprint density at radius 1 is 1.00 bits per heavy atom. The third-order valence-corrected chi connectivity index (χ3v) is 5.94. The molecule has 0 aliphatic carbocycles. The average Bonchev–Trinajstić information content (AvgIpc) is 2.71. The highest BCUT2D eigenvalue weighted by atomic mass is 35.5. The average molecular weight is 446 g/mol. The predicted octanol–water partition coefficient (Wildman–Crippen LogP) is 2.98. The van der Waals surface area contributed by atoms with E-state index in [1.807, 2.05) is 18.2 Å². The molecular formula is C20H20ClN5O3S. The molecule has 8 nitrogen and oxygen atoms in total. The van der Waals surface area contributed by atoms with Crippen molar-refractivity contribution in [1.82, 2.24) is 20.1 Å². The van der Waals surface area contributed by atoms with E-state index in [1.165, 1.54) is 18.2 Å². The summed E-state index contributed by atoms with van der Waals surface area (Å²) in [6.45, 7) is 3.71. The van der Waals surface area contributed by atoms with Crippen LogP contribution in [0.2, 0.25) is 5.02 Å². The molecule has 156 valence electrons. The molecule has 0 aliphatic heterocycles. The first-order valence-corrected chi connectivity index (χ1v) is 10.8. The van der Waals surface area contributed by atoms with Crippen LogP contribution in [0.3, 0.4) is 0 Å². The normalized spacial score (nSPS) is 11.2. The number of aromatic nitrogens is 2. The SMILES string of the molecule is Cc1cc(C)nc(NNC(=O)c2ccc(Cl)c(S(=O)(=O)NCc3ccccc3)c2)n1. The molecular weight excluding hydrogens is 426 g/mol. The second-order valence-electron chi connectivity index (χ2n) is 6.51. The quantitative estimate of drug-likeness (QED) is 0.482. The molecule has 0 bridgehead atoms. The Morgan fingerprint density at radius 2 is 1.67 bits per heavy atom. The molecule has 1 heterocycles. The lowest BCUT2D eigenvalue weighted by Gasteiger charge is -2.11. The number of rotatable bonds is 7. The summed E-state index contributed by atoms with van der Waals surface area (Å²) in [4.78, 5) is 20.6. The summed E-state index contributed by atoms with van der Waals surface area (Å²) in [5.41, 5.74) is 7.46. The number of benzene rings is 2. The number of sulfonamides is 1. The number of carbonyl (C=O) groups is 1. The smallest absolute Gasteiger partial charge is 0.267 e. The monoisotopic (exact) mass is 445 g/mol. The Kier molecular flexibility index (Phi) is 6.66. The molecule has 10 heteroatoms. The zero-order valence-corrected chi connectivity index (χ0v) is 17.9. The highest BCUT2D eigenvalue weighted by molar-refractivity contribution is 7.89. The summed E-state index contributed by atoms with van der Waals surface area (Å²) in [5.74, 6) is -0.332. The van der Waals surface area contributed by atoms with Gasteiger partial charge in [-0.05, 0) is 43.7 Å². The Bertz CT molecular complexity index is 1150. The third-order valence-electron chi connectivity index (χ3n) is 4.06. The van der Waals surface area contributed by atoms with Gasteiger partial charge in [0.2, 0.25) is 16.0 Å². The summed E-state index contributed by atoms with van der Waals surface area (Å²) < 4.78 is 27.9. The maximum absolute atomic E-state index is 12.7. The molecule has 0 saturated carbocycles. The zero-order chi connectivity index (χ0) is 21.7. The number of halogens is 1. The fourth-order valence-corrected chi connectivity index (χ4v) is 4.21. The van der Waals surface area contributed by atoms with Gasteiger partial charge in [-0.15, -0.1) is 0 Å². The summed E-state index contributed by atoms with van der Waals surface area (Å²) in [5, 5.41) is 0.0118. The number of nitrogens with one attached hydrogen (secondary N) is 3. The van der Waals surface area contributed by atoms with Crippen LogP contribution in [0.5, 0.6) is 0 Å². The second kappa shape index (κ2) is 9.21. The Morgan fingerprint density at radius 3 is 2.33 bits per heavy atom. The van der Waals surface area contributed by atoms with Crippen LogP contribution in [-0.2, 0) is 16.6 Å². The third kappa shape index (κ3) is 5.53. The summed E-state index contributed by atoms with van der Waals surface area (Å²) in [6.07, 6.45) is 0. The van der Waals surface area contributed by atoms with Crippen LogP contribution < -0.4 is 15.6 Å². The minimum Gasteiger partial charge on any atom is -0.267 e. The van der Waals surface area contributed by atoms with E-state index in [2.05, 4.69) is 25.5 Å². The highest BCUT2D eigenvalue weighted by Crippen LogP contribution is 2.23. The minimum atomic E-state index is -3.93. The molecule has 2 aromatic carbocycles. The fourth-order valence-electron chi connectivity index (χ4n) is 2.67. The van der Waals surface area contributed by atoms with E-state index >= 15 is 0 Å². The van der Waals surface area contributed by atoms with Gasteiger partial charge in [-0.1, -0.05) is 41.9 Å². The number of amides is 1. The molecule has 0 spiro atoms. The first-order chi connectivity index (χ1) is 14.2. The summed E-state index contributed by atoms with van der Waals surface area (Å²) >= 11 is 6.09. The van der Waals surface area contributed by atoms with E-state index in [-0.39, 0.29) is 28.0 Å². The minimum absolute atomic E-state index is 0.0118. The van der Waals surface area contributed by atoms with Gasteiger partial charge in [0.25, 0.3) is 5.91 Å². The van der Waals surface area contributed by atoms with Crippen LogP contribution >= 0.6 is 11.6 Å². The van der Waals surface area contributed by atoms with Crippen molar-refractivity contribution in [3.63, 3.8) is 0 Å². The van der Waals surface area contributed by atoms with Crippen LogP contribution in [-0.4, -0.2) is 24.3 Å². The van der Waals surface area contributed by atoms with E-state index in [9.17, 15) is 13.2 Å². The number of hydrazine groups is 1. The fraction of sp³-hybridized carbons (Fsp3) is 0.150. The van der Waals surface area contributed by atoms with Crippen molar-refractivity contribution in [2.24, 2.45) is 0 Å². The van der Waals surface area contributed by atoms with E-state index in [4.69, 9.17) is 11.6 Å². The van der Waals surface area contributed by atoms with Gasteiger partial charge in [0, 0.05) is 23.5 Å². The van der Waals surface area contributed by atoms with Crippen LogP contribution in [0.15, 0.2) is 59.5 Å². The van der Waals surface area contributed by atoms with E-state index < -0.39 is 15.9 Å². The van der Waals surface area contributed by atoms with Gasteiger partial charge in [-0.25, -0.2) is 23.1 Å². The lowest BCUT2D eigenvalue weighted by Crippen LogP contribution is -2.31. The van der Waals surface area contributed by atoms with Crippen molar-refractivity contribution in [2.75, 3.05) is 5.43 Å². The lowest BCUT2D eigenvalue weighted by molar-refractivity contribution is 0.0962. The van der Waals surface area contributed by atoms with E-state index in [0.717, 1.165) is 17.0 Å². The molecule has 0 aliphatic rings. The van der Waals surface area contributed by atoms with Crippen molar-refractivity contribution in [1.29, 1.82) is 0 Å². The van der Waals surface area contributed by atoms with Crippen molar-refractivity contribution in [3.8, 4) is 0 Å². The zero-order valence-electron chi connectivity index (χ0n) is 16.3. The van der Waals surface area contributed by atoms with Gasteiger partial charge < -0.3 is 0 Å². The van der Waals surface area contributed by atoms with E-state index in [1.54, 1.807) is 32.0 Å². The number of hydrogen-bond donors (Lipinski definition) is 3. The number of carbonyl (C=O) groups excluding carboxylic acids is 1. The number of nitrogens with zero attached hydrogens (tertiary/aromatic N) is 2. The molecule has 3 aromatic rings. The molecule has 0 radical (unpaired) electrons. The number of hydrogen-bond acceptors (Lipinski definition) is 6. The van der Waals surface area contributed by atoms with Crippen molar-refractivity contribution < 1.29 is 13.2 Å². The molecule has 1 aromatic heterocycles. The molecule has 3 rings (SSSR count). The molecule has 0 saturated heterocycles. The van der Waals surface area contributed by atoms with Gasteiger partial charge in [-0.2, -0.15) is 0 Å². The molecule has 0 unspecified atom stereocenters. The van der Waals surface area contributed by atoms with Crippen LogP contribution in [0, 0.1) is 13.8 Å². The standard InChI is InChI=1S/C20H20ClN5O3S/c1-13-10-14(2)24-20(23-13)26-25-19(27)16-8-9-17(21)18(11-16)30(28,29)22-12-15-6-4-3-5-7-15/h3-11,22H,12H2,1-2H3,(H,25,27)(H,23,24,26). The van der Waals surface area contributed by atoms with Crippen molar-refractivity contribution >= 4 is 33.5 Å². The predicted molar refractivity (Wildman–Crippen MR) is 115 cm³/mol. The van der Waals surface area contributed by atoms with Crippen molar-refractivity contribution in [2.45, 2.75) is 25.3 Å². The Balaban J connectivity index is 1.74. The molecule has 3 N–H and O–H groups in total. The molecule has 30 heavy (non-hydrogen) atoms. The maximum Gasteiger partial charge on any atom is 0.269 e. The molecule has 1 amide bonds. The number of anilines is 1. The molecule has 0 atom stereocenters. The number of aryl methyl sites for hydroxylation is 2. The second-order valence-corrected chi connectivity index (χ2v) is 8.65. The van der Waals surface area contributed by atoms with Gasteiger partial charge in [0.1, 0.15) is 4.90 Å². The highest BCUT2D eigenvalue weighted by Gasteiger charge is 2.20. The van der Waals surface area contributed by atoms with Gasteiger partial charge in [0.05, 0.1) is 5.02 Å². The first kappa shape index (κ1) is 21.7. The first-order valence-electron chi connectivity index (χ1n) is 8.96. The van der Waals surface area contributed by atoms with Crippen molar-refractivity contribution in [3.05, 3.63) is 82.1 Å².